The minimum absolute atomic E-state index is 0.163. The molecule has 1 saturated heterocycles. The highest BCUT2D eigenvalue weighted by Gasteiger charge is 2.30. The molecule has 6 nitrogen and oxygen atoms in total. The smallest absolute Gasteiger partial charge is 0.310 e. The van der Waals surface area contributed by atoms with E-state index in [0.717, 1.165) is 6.42 Å². The Labute approximate surface area is 117 Å². The minimum Gasteiger partial charge on any atom is -0.505 e. The van der Waals surface area contributed by atoms with Crippen LogP contribution in [0, 0.1) is 5.92 Å². The molecule has 1 amide bonds. The molecule has 0 aliphatic carbocycles. The van der Waals surface area contributed by atoms with Crippen molar-refractivity contribution in [3.63, 3.8) is 0 Å². The van der Waals surface area contributed by atoms with Crippen molar-refractivity contribution in [1.29, 1.82) is 0 Å². The Kier molecular flexibility index (Phi) is 4.12. The number of methoxy groups -OCH3 is 1. The summed E-state index contributed by atoms with van der Waals surface area (Å²) in [5, 5.41) is 9.86. The van der Waals surface area contributed by atoms with Crippen LogP contribution < -0.4 is 5.73 Å². The van der Waals surface area contributed by atoms with Gasteiger partial charge in [0.05, 0.1) is 24.3 Å². The molecule has 1 heterocycles. The zero-order valence-electron chi connectivity index (χ0n) is 11.3. The number of nitrogen functional groups attached to an aromatic ring is 1. The average Bonchev–Trinajstić information content (AvgIpc) is 2.48. The molecule has 2 rings (SSSR count). The van der Waals surface area contributed by atoms with Crippen LogP contribution in [0.15, 0.2) is 18.2 Å². The third kappa shape index (κ3) is 2.68. The Balaban J connectivity index is 2.16. The van der Waals surface area contributed by atoms with Gasteiger partial charge in [0, 0.05) is 13.1 Å². The number of rotatable bonds is 2. The summed E-state index contributed by atoms with van der Waals surface area (Å²) in [6.07, 6.45) is 1.44. The standard InChI is InChI=1S/C14H18N2O4/c1-20-14(19)9-4-3-7-16(8-9)13(18)10-5-2-6-11(15)12(10)17/h2,5-6,9,17H,3-4,7-8,15H2,1H3. The van der Waals surface area contributed by atoms with Crippen LogP contribution in [0.25, 0.3) is 0 Å². The van der Waals surface area contributed by atoms with Gasteiger partial charge in [-0.1, -0.05) is 6.07 Å². The first-order valence-corrected chi connectivity index (χ1v) is 6.49. The number of nitrogens with two attached hydrogens (primary N) is 1. The van der Waals surface area contributed by atoms with Crippen molar-refractivity contribution in [3.8, 4) is 5.75 Å². The largest absolute Gasteiger partial charge is 0.505 e. The zero-order valence-corrected chi connectivity index (χ0v) is 11.3. The first-order chi connectivity index (χ1) is 9.54. The summed E-state index contributed by atoms with van der Waals surface area (Å²) in [5.41, 5.74) is 5.92. The van der Waals surface area contributed by atoms with E-state index in [1.165, 1.54) is 19.2 Å². The number of likely N-dealkylation sites (tertiary alicyclic amines) is 1. The van der Waals surface area contributed by atoms with Crippen molar-refractivity contribution in [2.75, 3.05) is 25.9 Å². The Bertz CT molecular complexity index is 530. The van der Waals surface area contributed by atoms with E-state index < -0.39 is 0 Å². The summed E-state index contributed by atoms with van der Waals surface area (Å²) in [6.45, 7) is 0.861. The lowest BCUT2D eigenvalue weighted by molar-refractivity contribution is -0.146. The summed E-state index contributed by atoms with van der Waals surface area (Å²) in [7, 11) is 1.34. The van der Waals surface area contributed by atoms with Gasteiger partial charge in [0.2, 0.25) is 0 Å². The molecule has 1 fully saturated rings. The van der Waals surface area contributed by atoms with Crippen LogP contribution in [0.5, 0.6) is 5.75 Å². The number of carbonyl (C=O) groups is 2. The van der Waals surface area contributed by atoms with E-state index in [1.54, 1.807) is 11.0 Å². The minimum atomic E-state index is -0.316. The number of nitrogens with zero attached hydrogens (tertiary/aromatic N) is 1. The highest BCUT2D eigenvalue weighted by molar-refractivity contribution is 5.98. The number of piperidine rings is 1. The number of hydrogen-bond acceptors (Lipinski definition) is 5. The maximum atomic E-state index is 12.4. The molecule has 108 valence electrons. The molecule has 1 unspecified atom stereocenters. The molecular weight excluding hydrogens is 260 g/mol. The molecule has 1 aliphatic rings. The molecule has 0 aromatic heterocycles. The van der Waals surface area contributed by atoms with Gasteiger partial charge < -0.3 is 20.5 Å². The highest BCUT2D eigenvalue weighted by Crippen LogP contribution is 2.27. The third-order valence-corrected chi connectivity index (χ3v) is 3.54. The summed E-state index contributed by atoms with van der Waals surface area (Å²) in [6, 6.07) is 4.67. The summed E-state index contributed by atoms with van der Waals surface area (Å²) >= 11 is 0. The molecule has 20 heavy (non-hydrogen) atoms. The van der Waals surface area contributed by atoms with E-state index >= 15 is 0 Å². The van der Waals surface area contributed by atoms with Crippen molar-refractivity contribution in [2.24, 2.45) is 5.92 Å². The van der Waals surface area contributed by atoms with Gasteiger partial charge in [-0.2, -0.15) is 0 Å². The van der Waals surface area contributed by atoms with Crippen LogP contribution in [0.1, 0.15) is 23.2 Å². The van der Waals surface area contributed by atoms with Crippen molar-refractivity contribution in [2.45, 2.75) is 12.8 Å². The van der Waals surface area contributed by atoms with Gasteiger partial charge >= 0.3 is 5.97 Å². The number of anilines is 1. The summed E-state index contributed by atoms with van der Waals surface area (Å²) < 4.78 is 4.72. The fourth-order valence-electron chi connectivity index (χ4n) is 2.42. The summed E-state index contributed by atoms with van der Waals surface area (Å²) in [5.74, 6) is -1.14. The lowest BCUT2D eigenvalue weighted by Crippen LogP contribution is -2.42. The van der Waals surface area contributed by atoms with Gasteiger partial charge in [-0.05, 0) is 25.0 Å². The molecule has 1 aromatic rings. The van der Waals surface area contributed by atoms with Crippen LogP contribution in [0.2, 0.25) is 0 Å². The van der Waals surface area contributed by atoms with Gasteiger partial charge in [0.15, 0.2) is 5.75 Å². The van der Waals surface area contributed by atoms with Crippen molar-refractivity contribution in [1.82, 2.24) is 4.90 Å². The monoisotopic (exact) mass is 278 g/mol. The van der Waals surface area contributed by atoms with Crippen molar-refractivity contribution in [3.05, 3.63) is 23.8 Å². The van der Waals surface area contributed by atoms with Crippen LogP contribution in [0.4, 0.5) is 5.69 Å². The summed E-state index contributed by atoms with van der Waals surface area (Å²) in [4.78, 5) is 25.5. The van der Waals surface area contributed by atoms with Gasteiger partial charge in [-0.15, -0.1) is 0 Å². The second-order valence-electron chi connectivity index (χ2n) is 4.86. The van der Waals surface area contributed by atoms with Crippen LogP contribution in [0.3, 0.4) is 0 Å². The Morgan fingerprint density at radius 2 is 2.20 bits per heavy atom. The number of esters is 1. The average molecular weight is 278 g/mol. The van der Waals surface area contributed by atoms with Crippen molar-refractivity contribution >= 4 is 17.6 Å². The molecule has 1 aliphatic heterocycles. The second kappa shape index (κ2) is 5.81. The molecule has 0 radical (unpaired) electrons. The molecule has 3 N–H and O–H groups in total. The SMILES string of the molecule is COC(=O)C1CCCN(C(=O)c2cccc(N)c2O)C1. The molecule has 0 saturated carbocycles. The Hall–Kier alpha value is -2.24. The number of phenols is 1. The molecule has 1 aromatic carbocycles. The Morgan fingerprint density at radius 1 is 1.45 bits per heavy atom. The number of carbonyl (C=O) groups excluding carboxylic acids is 2. The number of amides is 1. The number of para-hydroxylation sites is 1. The Morgan fingerprint density at radius 3 is 2.90 bits per heavy atom. The second-order valence-corrected chi connectivity index (χ2v) is 4.86. The predicted molar refractivity (Wildman–Crippen MR) is 73.2 cm³/mol. The van der Waals surface area contributed by atoms with Crippen LogP contribution in [-0.2, 0) is 9.53 Å². The normalized spacial score (nSPS) is 18.6. The lowest BCUT2D eigenvalue weighted by Gasteiger charge is -2.31. The first-order valence-electron chi connectivity index (χ1n) is 6.49. The van der Waals surface area contributed by atoms with Crippen molar-refractivity contribution < 1.29 is 19.4 Å². The van der Waals surface area contributed by atoms with Gasteiger partial charge in [-0.25, -0.2) is 0 Å². The number of hydrogen-bond donors (Lipinski definition) is 2. The zero-order chi connectivity index (χ0) is 14.7. The molecule has 1 atom stereocenters. The topological polar surface area (TPSA) is 92.9 Å². The highest BCUT2D eigenvalue weighted by atomic mass is 16.5. The van der Waals surface area contributed by atoms with Gasteiger partial charge in [0.25, 0.3) is 5.91 Å². The van der Waals surface area contributed by atoms with E-state index in [9.17, 15) is 14.7 Å². The first kappa shape index (κ1) is 14.2. The molecule has 0 bridgehead atoms. The number of ether oxygens (including phenoxy) is 1. The number of benzene rings is 1. The maximum Gasteiger partial charge on any atom is 0.310 e. The van der Waals surface area contributed by atoms with Gasteiger partial charge in [0.1, 0.15) is 0 Å². The van der Waals surface area contributed by atoms with E-state index in [-0.39, 0.29) is 34.8 Å². The number of phenolic OH excluding ortho intramolecular Hbond substituents is 1. The van der Waals surface area contributed by atoms with Crippen LogP contribution >= 0.6 is 0 Å². The predicted octanol–water partition coefficient (Wildman–Crippen LogP) is 1.000. The fraction of sp³-hybridized carbons (Fsp3) is 0.429. The third-order valence-electron chi connectivity index (χ3n) is 3.54. The van der Waals surface area contributed by atoms with E-state index in [1.807, 2.05) is 0 Å². The molecular formula is C14H18N2O4. The maximum absolute atomic E-state index is 12.4. The van der Waals surface area contributed by atoms with E-state index in [0.29, 0.717) is 19.5 Å². The lowest BCUT2D eigenvalue weighted by atomic mass is 9.97. The van der Waals surface area contributed by atoms with Crippen LogP contribution in [-0.4, -0.2) is 42.1 Å². The quantitative estimate of drug-likeness (QED) is 0.478. The van der Waals surface area contributed by atoms with E-state index in [2.05, 4.69) is 0 Å². The fourth-order valence-corrected chi connectivity index (χ4v) is 2.42. The molecule has 6 heteroatoms. The number of aromatic hydroxyl groups is 1. The van der Waals surface area contributed by atoms with Gasteiger partial charge in [-0.3, -0.25) is 9.59 Å². The molecule has 0 spiro atoms. The van der Waals surface area contributed by atoms with E-state index in [4.69, 9.17) is 10.5 Å².